The molecule has 0 aliphatic heterocycles. The third-order valence-electron chi connectivity index (χ3n) is 1.53. The van der Waals surface area contributed by atoms with Gasteiger partial charge in [-0.1, -0.05) is 6.92 Å². The lowest BCUT2D eigenvalue weighted by molar-refractivity contribution is 0.0142. The van der Waals surface area contributed by atoms with Crippen molar-refractivity contribution in [2.45, 2.75) is 19.4 Å². The monoisotopic (exact) mass is 143 g/mol. The Kier molecular flexibility index (Phi) is 4.91. The van der Waals surface area contributed by atoms with Gasteiger partial charge in [-0.25, -0.2) is 0 Å². The molecule has 0 aliphatic carbocycles. The van der Waals surface area contributed by atoms with Gasteiger partial charge in [0.15, 0.2) is 0 Å². The third-order valence-corrected chi connectivity index (χ3v) is 1.53. The molecule has 0 bridgehead atoms. The Labute approximate surface area is 61.2 Å². The SMILES string of the molecule is COC(CO)C(C)CC#N. The summed E-state index contributed by atoms with van der Waals surface area (Å²) in [6, 6.07) is 2.03. The van der Waals surface area contributed by atoms with Crippen molar-refractivity contribution in [3.05, 3.63) is 0 Å². The summed E-state index contributed by atoms with van der Waals surface area (Å²) < 4.78 is 4.91. The Balaban J connectivity index is 3.66. The van der Waals surface area contributed by atoms with Crippen molar-refractivity contribution >= 4 is 0 Å². The maximum absolute atomic E-state index is 8.69. The Bertz CT molecular complexity index is 115. The van der Waals surface area contributed by atoms with E-state index in [1.165, 1.54) is 7.11 Å². The van der Waals surface area contributed by atoms with Gasteiger partial charge in [0.2, 0.25) is 0 Å². The normalized spacial score (nSPS) is 15.8. The van der Waals surface area contributed by atoms with E-state index in [4.69, 9.17) is 15.1 Å². The highest BCUT2D eigenvalue weighted by molar-refractivity contribution is 4.77. The van der Waals surface area contributed by atoms with E-state index >= 15 is 0 Å². The molecule has 0 heterocycles. The number of hydrogen-bond acceptors (Lipinski definition) is 3. The molecule has 0 saturated carbocycles. The zero-order valence-corrected chi connectivity index (χ0v) is 6.37. The van der Waals surface area contributed by atoms with Crippen LogP contribution in [0.25, 0.3) is 0 Å². The van der Waals surface area contributed by atoms with E-state index in [0.29, 0.717) is 6.42 Å². The quantitative estimate of drug-likeness (QED) is 0.625. The van der Waals surface area contributed by atoms with Gasteiger partial charge in [-0.2, -0.15) is 5.26 Å². The molecule has 2 atom stereocenters. The molecule has 0 spiro atoms. The van der Waals surface area contributed by atoms with Crippen molar-refractivity contribution in [1.29, 1.82) is 5.26 Å². The molecule has 0 aliphatic rings. The average Bonchev–Trinajstić information content (AvgIpc) is 1.91. The predicted octanol–water partition coefficient (Wildman–Crippen LogP) is 0.543. The number of aliphatic hydroxyl groups is 1. The molecule has 0 rings (SSSR count). The van der Waals surface area contributed by atoms with Gasteiger partial charge in [-0.3, -0.25) is 0 Å². The fourth-order valence-electron chi connectivity index (χ4n) is 0.762. The molecule has 0 amide bonds. The topological polar surface area (TPSA) is 53.2 Å². The minimum atomic E-state index is -0.195. The van der Waals surface area contributed by atoms with Crippen LogP contribution in [0.1, 0.15) is 13.3 Å². The molecule has 0 fully saturated rings. The van der Waals surface area contributed by atoms with Crippen molar-refractivity contribution in [2.75, 3.05) is 13.7 Å². The van der Waals surface area contributed by atoms with Gasteiger partial charge in [0.25, 0.3) is 0 Å². The highest BCUT2D eigenvalue weighted by Crippen LogP contribution is 2.09. The van der Waals surface area contributed by atoms with Crippen LogP contribution in [-0.2, 0) is 4.74 Å². The minimum absolute atomic E-state index is 0.0145. The van der Waals surface area contributed by atoms with E-state index < -0.39 is 0 Å². The number of rotatable bonds is 4. The van der Waals surface area contributed by atoms with Crippen molar-refractivity contribution in [3.63, 3.8) is 0 Å². The molecule has 10 heavy (non-hydrogen) atoms. The summed E-state index contributed by atoms with van der Waals surface area (Å²) in [5.41, 5.74) is 0. The summed E-state index contributed by atoms with van der Waals surface area (Å²) in [7, 11) is 1.54. The van der Waals surface area contributed by atoms with Crippen LogP contribution in [0.2, 0.25) is 0 Å². The lowest BCUT2D eigenvalue weighted by atomic mass is 10.0. The number of methoxy groups -OCH3 is 1. The molecule has 58 valence electrons. The van der Waals surface area contributed by atoms with Crippen LogP contribution < -0.4 is 0 Å². The van der Waals surface area contributed by atoms with Crippen molar-refractivity contribution in [2.24, 2.45) is 5.92 Å². The second-order valence-corrected chi connectivity index (χ2v) is 2.30. The molecular weight excluding hydrogens is 130 g/mol. The first-order valence-corrected chi connectivity index (χ1v) is 3.26. The highest BCUT2D eigenvalue weighted by Gasteiger charge is 2.14. The van der Waals surface area contributed by atoms with E-state index in [1.807, 2.05) is 13.0 Å². The maximum Gasteiger partial charge on any atom is 0.0837 e. The van der Waals surface area contributed by atoms with Crippen molar-refractivity contribution in [1.82, 2.24) is 0 Å². The number of ether oxygens (including phenoxy) is 1. The van der Waals surface area contributed by atoms with Gasteiger partial charge in [0, 0.05) is 13.5 Å². The van der Waals surface area contributed by atoms with Gasteiger partial charge in [0.05, 0.1) is 18.8 Å². The first-order valence-electron chi connectivity index (χ1n) is 3.26. The molecule has 2 unspecified atom stereocenters. The first kappa shape index (κ1) is 9.41. The second-order valence-electron chi connectivity index (χ2n) is 2.30. The Hall–Kier alpha value is -0.590. The van der Waals surface area contributed by atoms with Crippen LogP contribution in [0.4, 0.5) is 0 Å². The number of nitriles is 1. The standard InChI is InChI=1S/C7H13NO2/c1-6(3-4-8)7(5-9)10-2/h6-7,9H,3,5H2,1-2H3. The van der Waals surface area contributed by atoms with Crippen LogP contribution >= 0.6 is 0 Å². The Morgan fingerprint density at radius 2 is 2.30 bits per heavy atom. The summed E-state index contributed by atoms with van der Waals surface area (Å²) in [5.74, 6) is 0.111. The van der Waals surface area contributed by atoms with Crippen molar-refractivity contribution in [3.8, 4) is 6.07 Å². The fourth-order valence-corrected chi connectivity index (χ4v) is 0.762. The van der Waals surface area contributed by atoms with Crippen LogP contribution in [-0.4, -0.2) is 24.9 Å². The number of nitrogens with zero attached hydrogens (tertiary/aromatic N) is 1. The summed E-state index contributed by atoms with van der Waals surface area (Å²) >= 11 is 0. The number of hydrogen-bond donors (Lipinski definition) is 1. The molecule has 0 radical (unpaired) electrons. The van der Waals surface area contributed by atoms with E-state index in [1.54, 1.807) is 0 Å². The number of aliphatic hydroxyl groups excluding tert-OH is 1. The zero-order chi connectivity index (χ0) is 7.98. The second kappa shape index (κ2) is 5.21. The third kappa shape index (κ3) is 2.81. The lowest BCUT2D eigenvalue weighted by Gasteiger charge is -2.17. The van der Waals surface area contributed by atoms with Crippen LogP contribution in [0.3, 0.4) is 0 Å². The van der Waals surface area contributed by atoms with Crippen LogP contribution in [0.5, 0.6) is 0 Å². The van der Waals surface area contributed by atoms with Gasteiger partial charge < -0.3 is 9.84 Å². The van der Waals surface area contributed by atoms with Gasteiger partial charge in [-0.15, -0.1) is 0 Å². The van der Waals surface area contributed by atoms with E-state index in [2.05, 4.69) is 0 Å². The Morgan fingerprint density at radius 3 is 2.60 bits per heavy atom. The van der Waals surface area contributed by atoms with Crippen molar-refractivity contribution < 1.29 is 9.84 Å². The van der Waals surface area contributed by atoms with Gasteiger partial charge in [0.1, 0.15) is 0 Å². The molecule has 0 aromatic rings. The first-order chi connectivity index (χ1) is 4.76. The molecule has 3 heteroatoms. The maximum atomic E-state index is 8.69. The minimum Gasteiger partial charge on any atom is -0.394 e. The van der Waals surface area contributed by atoms with Gasteiger partial charge >= 0.3 is 0 Å². The largest absolute Gasteiger partial charge is 0.394 e. The lowest BCUT2D eigenvalue weighted by Crippen LogP contribution is -2.23. The average molecular weight is 143 g/mol. The molecular formula is C7H13NO2. The van der Waals surface area contributed by atoms with E-state index in [0.717, 1.165) is 0 Å². The molecule has 3 nitrogen and oxygen atoms in total. The zero-order valence-electron chi connectivity index (χ0n) is 6.37. The summed E-state index contributed by atoms with van der Waals surface area (Å²) in [6.07, 6.45) is 0.235. The van der Waals surface area contributed by atoms with E-state index in [9.17, 15) is 0 Å². The summed E-state index contributed by atoms with van der Waals surface area (Å²) in [5, 5.41) is 17.0. The van der Waals surface area contributed by atoms with Crippen LogP contribution in [0.15, 0.2) is 0 Å². The molecule has 0 aromatic heterocycles. The smallest absolute Gasteiger partial charge is 0.0837 e. The molecule has 0 saturated heterocycles. The van der Waals surface area contributed by atoms with Gasteiger partial charge in [-0.05, 0) is 5.92 Å². The molecule has 0 aromatic carbocycles. The summed E-state index contributed by atoms with van der Waals surface area (Å²) in [6.45, 7) is 1.87. The summed E-state index contributed by atoms with van der Waals surface area (Å²) in [4.78, 5) is 0. The fraction of sp³-hybridized carbons (Fsp3) is 0.857. The highest BCUT2D eigenvalue weighted by atomic mass is 16.5. The predicted molar refractivity (Wildman–Crippen MR) is 37.3 cm³/mol. The molecule has 1 N–H and O–H groups in total. The Morgan fingerprint density at radius 1 is 1.70 bits per heavy atom. The van der Waals surface area contributed by atoms with Crippen LogP contribution in [0, 0.1) is 17.2 Å². The van der Waals surface area contributed by atoms with E-state index in [-0.39, 0.29) is 18.6 Å².